The molecule has 37 heavy (non-hydrogen) atoms. The number of allylic oxidation sites excluding steroid dienone is 1. The van der Waals surface area contributed by atoms with Crippen LogP contribution < -0.4 is 4.72 Å². The minimum absolute atomic E-state index is 0.422. The van der Waals surface area contributed by atoms with Gasteiger partial charge in [-0.3, -0.25) is 4.21 Å². The molecule has 5 aromatic rings. The molecular weight excluding hydrogens is 542 g/mol. The number of nitrogens with one attached hydrogen (secondary N) is 1. The lowest BCUT2D eigenvalue weighted by atomic mass is 9.80. The highest BCUT2D eigenvalue weighted by Gasteiger charge is 2.21. The lowest BCUT2D eigenvalue weighted by molar-refractivity contribution is 0.542. The fraction of sp³-hybridized carbons (Fsp3) is 0.125. The molecule has 0 fully saturated rings. The summed E-state index contributed by atoms with van der Waals surface area (Å²) in [4.78, 5) is 0. The Kier molecular flexibility index (Phi) is 6.23. The first-order chi connectivity index (χ1) is 17.9. The zero-order valence-electron chi connectivity index (χ0n) is 20.5. The van der Waals surface area contributed by atoms with Gasteiger partial charge in [-0.05, 0) is 86.8 Å². The van der Waals surface area contributed by atoms with Gasteiger partial charge in [-0.1, -0.05) is 101 Å². The fourth-order valence-electron chi connectivity index (χ4n) is 5.72. The quantitative estimate of drug-likeness (QED) is 0.174. The molecule has 5 heteroatoms. The van der Waals surface area contributed by atoms with E-state index < -0.39 is 11.3 Å². The summed E-state index contributed by atoms with van der Waals surface area (Å²) in [5.74, 6) is 0.422. The first-order valence-electron chi connectivity index (χ1n) is 12.3. The molecule has 0 heterocycles. The molecule has 2 atom stereocenters. The molecule has 1 N–H and O–H groups in total. The predicted octanol–water partition coefficient (Wildman–Crippen LogP) is 9.12. The molecule has 0 saturated carbocycles. The van der Waals surface area contributed by atoms with Crippen molar-refractivity contribution in [3.63, 3.8) is 0 Å². The van der Waals surface area contributed by atoms with Crippen molar-refractivity contribution in [3.8, 4) is 22.3 Å². The topological polar surface area (TPSA) is 52.2 Å². The van der Waals surface area contributed by atoms with E-state index in [1.54, 1.807) is 6.07 Å². The highest BCUT2D eigenvalue weighted by atomic mass is 79.9. The van der Waals surface area contributed by atoms with Crippen molar-refractivity contribution in [1.29, 1.82) is 0 Å². The van der Waals surface area contributed by atoms with Crippen LogP contribution in [0.4, 0.5) is 5.69 Å². The van der Waals surface area contributed by atoms with Crippen molar-refractivity contribution in [1.82, 2.24) is 0 Å². The Balaban J connectivity index is 1.65. The summed E-state index contributed by atoms with van der Waals surface area (Å²) in [5.41, 5.74) is 8.32. The molecule has 0 aromatic heterocycles. The van der Waals surface area contributed by atoms with E-state index in [0.717, 1.165) is 38.7 Å². The number of aryl methyl sites for hydroxylation is 1. The second-order valence-corrected chi connectivity index (χ2v) is 11.2. The molecule has 0 saturated heterocycles. The van der Waals surface area contributed by atoms with Crippen LogP contribution >= 0.6 is 15.9 Å². The largest absolute Gasteiger partial charge is 0.755 e. The Bertz CT molecular complexity index is 1760. The Morgan fingerprint density at radius 1 is 0.892 bits per heavy atom. The SMILES string of the molecule is Cc1ccc(-c2ccc3c(c2)c2c(c4ccccc43)C=CCC2C)c(-c2c(Br)cccc2NS(=O)[O-])c1. The standard InChI is InChI=1S/C32H26BrNO2S/c1-19-13-15-22(27(17-19)32-29(33)11-6-12-30(32)34-37(35)36)21-14-16-25-23-8-3-4-9-24(23)26-10-5-7-20(2)31(26)28(25)18-21/h3-6,8-18,20,34H,7H2,1-2H3,(H,35,36)/p-1. The van der Waals surface area contributed by atoms with Gasteiger partial charge in [0.2, 0.25) is 0 Å². The first-order valence-corrected chi connectivity index (χ1v) is 14.2. The zero-order valence-corrected chi connectivity index (χ0v) is 22.9. The van der Waals surface area contributed by atoms with Crippen LogP contribution in [0.1, 0.15) is 36.0 Å². The Labute approximate surface area is 227 Å². The molecule has 1 aliphatic carbocycles. The van der Waals surface area contributed by atoms with Gasteiger partial charge in [-0.2, -0.15) is 0 Å². The summed E-state index contributed by atoms with van der Waals surface area (Å²) in [6.07, 6.45) is 5.59. The van der Waals surface area contributed by atoms with Crippen molar-refractivity contribution in [2.75, 3.05) is 4.72 Å². The lowest BCUT2D eigenvalue weighted by Gasteiger charge is -2.24. The summed E-state index contributed by atoms with van der Waals surface area (Å²) in [6, 6.07) is 27.4. The van der Waals surface area contributed by atoms with Gasteiger partial charge in [0.25, 0.3) is 0 Å². The van der Waals surface area contributed by atoms with Gasteiger partial charge in [0.1, 0.15) is 0 Å². The van der Waals surface area contributed by atoms with Crippen LogP contribution in [0.2, 0.25) is 0 Å². The van der Waals surface area contributed by atoms with Crippen molar-refractivity contribution in [2.24, 2.45) is 0 Å². The number of halogens is 1. The molecule has 184 valence electrons. The van der Waals surface area contributed by atoms with Crippen LogP contribution in [-0.4, -0.2) is 8.76 Å². The third kappa shape index (κ3) is 4.21. The van der Waals surface area contributed by atoms with Gasteiger partial charge in [-0.25, -0.2) is 0 Å². The average Bonchev–Trinajstić information content (AvgIpc) is 2.88. The number of hydrogen-bond donors (Lipinski definition) is 1. The number of benzene rings is 5. The zero-order chi connectivity index (χ0) is 25.7. The maximum absolute atomic E-state index is 11.6. The van der Waals surface area contributed by atoms with Crippen molar-refractivity contribution in [3.05, 3.63) is 106 Å². The highest BCUT2D eigenvalue weighted by molar-refractivity contribution is 9.10. The summed E-state index contributed by atoms with van der Waals surface area (Å²) in [6.45, 7) is 4.36. The molecule has 1 aliphatic rings. The Morgan fingerprint density at radius 2 is 1.68 bits per heavy atom. The van der Waals surface area contributed by atoms with Crippen LogP contribution in [0.25, 0.3) is 49.9 Å². The maximum Gasteiger partial charge on any atom is 0.0542 e. The van der Waals surface area contributed by atoms with E-state index in [2.05, 4.69) is 107 Å². The summed E-state index contributed by atoms with van der Waals surface area (Å²) < 4.78 is 26.6. The van der Waals surface area contributed by atoms with Gasteiger partial charge < -0.3 is 9.27 Å². The second kappa shape index (κ2) is 9.56. The molecule has 3 nitrogen and oxygen atoms in total. The van der Waals surface area contributed by atoms with E-state index in [0.29, 0.717) is 11.6 Å². The third-order valence-electron chi connectivity index (χ3n) is 7.34. The monoisotopic (exact) mass is 566 g/mol. The first kappa shape index (κ1) is 24.1. The third-order valence-corrected chi connectivity index (χ3v) is 8.38. The minimum Gasteiger partial charge on any atom is -0.755 e. The molecule has 0 aliphatic heterocycles. The van der Waals surface area contributed by atoms with Gasteiger partial charge in [0.05, 0.1) is 5.69 Å². The van der Waals surface area contributed by atoms with Crippen LogP contribution in [0.15, 0.2) is 89.4 Å². The average molecular weight is 568 g/mol. The minimum atomic E-state index is -2.43. The fourth-order valence-corrected chi connectivity index (χ4v) is 6.65. The molecule has 0 radical (unpaired) electrons. The summed E-state index contributed by atoms with van der Waals surface area (Å²) in [7, 11) is 0. The molecule has 5 aromatic carbocycles. The number of anilines is 1. The maximum atomic E-state index is 11.6. The van der Waals surface area contributed by atoms with Crippen molar-refractivity contribution in [2.45, 2.75) is 26.2 Å². The molecule has 0 spiro atoms. The van der Waals surface area contributed by atoms with Crippen LogP contribution in [0.3, 0.4) is 0 Å². The van der Waals surface area contributed by atoms with Crippen molar-refractivity contribution < 1.29 is 8.76 Å². The van der Waals surface area contributed by atoms with E-state index in [1.807, 2.05) is 12.1 Å². The van der Waals surface area contributed by atoms with Crippen LogP contribution in [-0.2, 0) is 11.3 Å². The summed E-state index contributed by atoms with van der Waals surface area (Å²) in [5, 5.41) is 5.10. The highest BCUT2D eigenvalue weighted by Crippen LogP contribution is 2.45. The van der Waals surface area contributed by atoms with E-state index in [-0.39, 0.29) is 0 Å². The number of hydrogen-bond acceptors (Lipinski definition) is 2. The number of rotatable bonds is 4. The van der Waals surface area contributed by atoms with Gasteiger partial charge in [0.15, 0.2) is 0 Å². The second-order valence-electron chi connectivity index (χ2n) is 9.72. The lowest BCUT2D eigenvalue weighted by Crippen LogP contribution is -2.04. The van der Waals surface area contributed by atoms with Gasteiger partial charge >= 0.3 is 0 Å². The Hall–Kier alpha value is -3.25. The van der Waals surface area contributed by atoms with Crippen LogP contribution in [0, 0.1) is 6.92 Å². The van der Waals surface area contributed by atoms with E-state index in [1.165, 1.54) is 32.7 Å². The van der Waals surface area contributed by atoms with Crippen molar-refractivity contribution >= 4 is 60.5 Å². The molecule has 2 unspecified atom stereocenters. The van der Waals surface area contributed by atoms with E-state index in [4.69, 9.17) is 0 Å². The molecule has 0 amide bonds. The normalized spacial score (nSPS) is 15.6. The van der Waals surface area contributed by atoms with E-state index in [9.17, 15) is 8.76 Å². The van der Waals surface area contributed by atoms with Gasteiger partial charge in [-0.15, -0.1) is 0 Å². The molecular formula is C32H25BrNO2S-. The summed E-state index contributed by atoms with van der Waals surface area (Å²) >= 11 is 1.25. The molecule has 6 rings (SSSR count). The number of fused-ring (bicyclic) bond motifs is 6. The van der Waals surface area contributed by atoms with E-state index >= 15 is 0 Å². The Morgan fingerprint density at radius 3 is 2.49 bits per heavy atom. The van der Waals surface area contributed by atoms with Crippen LogP contribution in [0.5, 0.6) is 0 Å². The smallest absolute Gasteiger partial charge is 0.0542 e. The predicted molar refractivity (Wildman–Crippen MR) is 159 cm³/mol. The van der Waals surface area contributed by atoms with Gasteiger partial charge in [0, 0.05) is 21.3 Å². The molecule has 0 bridgehead atoms.